The number of nitriles is 1. The van der Waals surface area contributed by atoms with Crippen LogP contribution in [0.5, 0.6) is 0 Å². The number of hydrogen-bond donors (Lipinski definition) is 1. The van der Waals surface area contributed by atoms with Crippen molar-refractivity contribution in [2.45, 2.75) is 58.0 Å². The second-order valence-electron chi connectivity index (χ2n) is 5.44. The third-order valence-corrected chi connectivity index (χ3v) is 3.92. The van der Waals surface area contributed by atoms with Crippen molar-refractivity contribution in [2.24, 2.45) is 5.92 Å². The summed E-state index contributed by atoms with van der Waals surface area (Å²) in [7, 11) is 2.14. The van der Waals surface area contributed by atoms with Crippen molar-refractivity contribution in [3.05, 3.63) is 0 Å². The normalized spacial score (nSPS) is 20.9. The first-order chi connectivity index (χ1) is 8.09. The van der Waals surface area contributed by atoms with Crippen molar-refractivity contribution >= 4 is 0 Å². The molecule has 2 atom stereocenters. The molecule has 1 saturated carbocycles. The summed E-state index contributed by atoms with van der Waals surface area (Å²) >= 11 is 0. The lowest BCUT2D eigenvalue weighted by molar-refractivity contribution is 0.180. The molecule has 3 nitrogen and oxygen atoms in total. The summed E-state index contributed by atoms with van der Waals surface area (Å²) in [6.07, 6.45) is 4.82. The van der Waals surface area contributed by atoms with Crippen molar-refractivity contribution in [3.63, 3.8) is 0 Å². The minimum atomic E-state index is -0.314. The molecule has 2 unspecified atom stereocenters. The van der Waals surface area contributed by atoms with E-state index in [1.54, 1.807) is 0 Å². The lowest BCUT2D eigenvalue weighted by atomic mass is 9.93. The largest absolute Gasteiger partial charge is 0.301 e. The van der Waals surface area contributed by atoms with Gasteiger partial charge in [0, 0.05) is 12.6 Å². The fraction of sp³-hybridized carbons (Fsp3) is 0.929. The summed E-state index contributed by atoms with van der Waals surface area (Å²) in [4.78, 5) is 2.34. The standard InChI is InChI=1S/C14H27N3/c1-5-7-12(3)17(4)11-14(10-15,16-6-2)13-8-9-13/h12-13,16H,5-9,11H2,1-4H3. The van der Waals surface area contributed by atoms with Gasteiger partial charge in [0.15, 0.2) is 0 Å². The van der Waals surface area contributed by atoms with E-state index in [4.69, 9.17) is 0 Å². The maximum absolute atomic E-state index is 9.54. The predicted molar refractivity (Wildman–Crippen MR) is 71.7 cm³/mol. The Balaban J connectivity index is 2.62. The highest BCUT2D eigenvalue weighted by molar-refractivity contribution is 5.16. The van der Waals surface area contributed by atoms with E-state index < -0.39 is 0 Å². The number of nitrogens with one attached hydrogen (secondary N) is 1. The van der Waals surface area contributed by atoms with E-state index in [2.05, 4.69) is 44.1 Å². The number of hydrogen-bond acceptors (Lipinski definition) is 3. The molecule has 1 fully saturated rings. The van der Waals surface area contributed by atoms with Crippen molar-refractivity contribution in [1.29, 1.82) is 5.26 Å². The van der Waals surface area contributed by atoms with E-state index in [0.717, 1.165) is 13.1 Å². The van der Waals surface area contributed by atoms with E-state index in [-0.39, 0.29) is 5.54 Å². The van der Waals surface area contributed by atoms with Gasteiger partial charge in [0.05, 0.1) is 6.07 Å². The average Bonchev–Trinajstić information content (AvgIpc) is 3.12. The van der Waals surface area contributed by atoms with Crippen LogP contribution in [-0.4, -0.2) is 36.6 Å². The summed E-state index contributed by atoms with van der Waals surface area (Å²) in [6.45, 7) is 8.28. The summed E-state index contributed by atoms with van der Waals surface area (Å²) in [5, 5.41) is 13.0. The molecule has 0 radical (unpaired) electrons. The van der Waals surface area contributed by atoms with Gasteiger partial charge in [0.2, 0.25) is 0 Å². The van der Waals surface area contributed by atoms with Gasteiger partial charge in [-0.05, 0) is 45.7 Å². The van der Waals surface area contributed by atoms with E-state index in [1.807, 2.05) is 0 Å². The number of likely N-dealkylation sites (N-methyl/N-ethyl adjacent to an activating group) is 2. The fourth-order valence-electron chi connectivity index (χ4n) is 2.57. The number of rotatable bonds is 8. The van der Waals surface area contributed by atoms with Gasteiger partial charge in [0.1, 0.15) is 5.54 Å². The summed E-state index contributed by atoms with van der Waals surface area (Å²) in [5.41, 5.74) is -0.314. The van der Waals surface area contributed by atoms with Crippen LogP contribution >= 0.6 is 0 Å². The smallest absolute Gasteiger partial charge is 0.122 e. The Morgan fingerprint density at radius 2 is 2.12 bits per heavy atom. The van der Waals surface area contributed by atoms with E-state index in [9.17, 15) is 5.26 Å². The minimum Gasteiger partial charge on any atom is -0.301 e. The molecule has 0 spiro atoms. The van der Waals surface area contributed by atoms with Gasteiger partial charge in [-0.25, -0.2) is 0 Å². The molecule has 0 heterocycles. The first-order valence-corrected chi connectivity index (χ1v) is 6.96. The maximum atomic E-state index is 9.54. The monoisotopic (exact) mass is 237 g/mol. The minimum absolute atomic E-state index is 0.314. The molecule has 98 valence electrons. The lowest BCUT2D eigenvalue weighted by Crippen LogP contribution is -2.55. The van der Waals surface area contributed by atoms with E-state index in [0.29, 0.717) is 12.0 Å². The Morgan fingerprint density at radius 1 is 1.47 bits per heavy atom. The molecule has 1 aliphatic carbocycles. The quantitative estimate of drug-likeness (QED) is 0.704. The van der Waals surface area contributed by atoms with Crippen molar-refractivity contribution in [1.82, 2.24) is 10.2 Å². The van der Waals surface area contributed by atoms with Crippen LogP contribution in [0.3, 0.4) is 0 Å². The highest BCUT2D eigenvalue weighted by Crippen LogP contribution is 2.40. The van der Waals surface area contributed by atoms with Gasteiger partial charge in [-0.15, -0.1) is 0 Å². The molecule has 0 saturated heterocycles. The lowest BCUT2D eigenvalue weighted by Gasteiger charge is -2.35. The van der Waals surface area contributed by atoms with Gasteiger partial charge in [0.25, 0.3) is 0 Å². The van der Waals surface area contributed by atoms with Crippen LogP contribution in [0, 0.1) is 17.2 Å². The molecule has 0 aromatic heterocycles. The fourth-order valence-corrected chi connectivity index (χ4v) is 2.57. The highest BCUT2D eigenvalue weighted by atomic mass is 15.2. The third kappa shape index (κ3) is 3.69. The van der Waals surface area contributed by atoms with Crippen LogP contribution in [0.15, 0.2) is 0 Å². The Kier molecular flexibility index (Phi) is 5.42. The Hall–Kier alpha value is -0.590. The second-order valence-corrected chi connectivity index (χ2v) is 5.44. The van der Waals surface area contributed by atoms with E-state index in [1.165, 1.54) is 25.7 Å². The Labute approximate surface area is 106 Å². The molecule has 1 aliphatic rings. The molecule has 1 rings (SSSR count). The summed E-state index contributed by atoms with van der Waals surface area (Å²) in [5.74, 6) is 0.559. The Bertz CT molecular complexity index is 267. The predicted octanol–water partition coefficient (Wildman–Crippen LogP) is 2.39. The molecular formula is C14H27N3. The molecule has 1 N–H and O–H groups in total. The molecule has 0 aromatic rings. The van der Waals surface area contributed by atoms with Gasteiger partial charge in [-0.1, -0.05) is 20.3 Å². The molecule has 0 bridgehead atoms. The van der Waals surface area contributed by atoms with Crippen LogP contribution in [0.2, 0.25) is 0 Å². The zero-order valence-electron chi connectivity index (χ0n) is 11.8. The van der Waals surface area contributed by atoms with Crippen LogP contribution in [-0.2, 0) is 0 Å². The number of nitrogens with zero attached hydrogens (tertiary/aromatic N) is 2. The van der Waals surface area contributed by atoms with Crippen LogP contribution in [0.4, 0.5) is 0 Å². The molecule has 0 aromatic carbocycles. The van der Waals surface area contributed by atoms with Crippen LogP contribution in [0.1, 0.15) is 46.5 Å². The van der Waals surface area contributed by atoms with E-state index >= 15 is 0 Å². The summed E-state index contributed by atoms with van der Waals surface area (Å²) < 4.78 is 0. The molecule has 17 heavy (non-hydrogen) atoms. The first kappa shape index (κ1) is 14.5. The molecule has 0 amide bonds. The molecular weight excluding hydrogens is 210 g/mol. The average molecular weight is 237 g/mol. The first-order valence-electron chi connectivity index (χ1n) is 6.96. The van der Waals surface area contributed by atoms with Gasteiger partial charge in [-0.3, -0.25) is 5.32 Å². The van der Waals surface area contributed by atoms with Crippen molar-refractivity contribution in [3.8, 4) is 6.07 Å². The zero-order chi connectivity index (χ0) is 12.9. The zero-order valence-corrected chi connectivity index (χ0v) is 11.8. The maximum Gasteiger partial charge on any atom is 0.122 e. The van der Waals surface area contributed by atoms with Gasteiger partial charge >= 0.3 is 0 Å². The van der Waals surface area contributed by atoms with Crippen molar-refractivity contribution in [2.75, 3.05) is 20.1 Å². The van der Waals surface area contributed by atoms with Crippen molar-refractivity contribution < 1.29 is 0 Å². The Morgan fingerprint density at radius 3 is 2.53 bits per heavy atom. The molecule has 0 aliphatic heterocycles. The highest BCUT2D eigenvalue weighted by Gasteiger charge is 2.46. The SMILES string of the molecule is CCCC(C)N(C)CC(C#N)(NCC)C1CC1. The topological polar surface area (TPSA) is 39.1 Å². The van der Waals surface area contributed by atoms with Gasteiger partial charge < -0.3 is 4.90 Å². The third-order valence-electron chi connectivity index (χ3n) is 3.92. The second kappa shape index (κ2) is 6.37. The summed E-state index contributed by atoms with van der Waals surface area (Å²) in [6, 6.07) is 3.11. The van der Waals surface area contributed by atoms with Gasteiger partial charge in [-0.2, -0.15) is 5.26 Å². The molecule has 3 heteroatoms. The van der Waals surface area contributed by atoms with Crippen LogP contribution < -0.4 is 5.32 Å². The van der Waals surface area contributed by atoms with Crippen LogP contribution in [0.25, 0.3) is 0 Å².